The summed E-state index contributed by atoms with van der Waals surface area (Å²) in [6, 6.07) is 12.3. The number of rotatable bonds is 4. The Bertz CT molecular complexity index is 903. The van der Waals surface area contributed by atoms with Crippen LogP contribution in [0, 0.1) is 0 Å². The highest BCUT2D eigenvalue weighted by molar-refractivity contribution is 5.97. The van der Waals surface area contributed by atoms with E-state index in [9.17, 15) is 9.59 Å². The van der Waals surface area contributed by atoms with Crippen LogP contribution in [0.5, 0.6) is 0 Å². The number of hydrogen-bond donors (Lipinski definition) is 2. The summed E-state index contributed by atoms with van der Waals surface area (Å²) in [5.74, 6) is -0.00245. The molecule has 0 spiro atoms. The topological polar surface area (TPSA) is 58.2 Å². The van der Waals surface area contributed by atoms with Crippen LogP contribution in [0.1, 0.15) is 77.7 Å². The third kappa shape index (κ3) is 3.96. The number of hydrogen-bond acceptors (Lipinski definition) is 2. The van der Waals surface area contributed by atoms with Crippen LogP contribution in [0.25, 0.3) is 0 Å². The average molecular weight is 377 g/mol. The molecule has 4 heteroatoms. The van der Waals surface area contributed by atoms with Crippen LogP contribution in [0.3, 0.4) is 0 Å². The van der Waals surface area contributed by atoms with E-state index in [1.807, 2.05) is 12.1 Å². The van der Waals surface area contributed by atoms with E-state index in [4.69, 9.17) is 0 Å². The Balaban J connectivity index is 1.52. The number of amides is 2. The molecule has 1 atom stereocenters. The Labute approximate surface area is 166 Å². The van der Waals surface area contributed by atoms with Crippen LogP contribution in [0.15, 0.2) is 36.4 Å². The van der Waals surface area contributed by atoms with Gasteiger partial charge in [0, 0.05) is 17.7 Å². The van der Waals surface area contributed by atoms with Gasteiger partial charge < -0.3 is 10.6 Å². The van der Waals surface area contributed by atoms with Crippen LogP contribution in [0.2, 0.25) is 0 Å². The molecule has 1 aliphatic carbocycles. The molecule has 2 N–H and O–H groups in total. The van der Waals surface area contributed by atoms with Crippen molar-refractivity contribution in [3.05, 3.63) is 64.2 Å². The van der Waals surface area contributed by atoms with Crippen molar-refractivity contribution < 1.29 is 9.59 Å². The molecule has 1 heterocycles. The Morgan fingerprint density at radius 1 is 0.964 bits per heavy atom. The minimum absolute atomic E-state index is 0.0123. The molecule has 0 aromatic heterocycles. The maximum atomic E-state index is 12.9. The predicted octanol–water partition coefficient (Wildman–Crippen LogP) is 4.72. The van der Waals surface area contributed by atoms with Crippen LogP contribution in [-0.4, -0.2) is 11.8 Å². The Kier molecular flexibility index (Phi) is 5.47. The van der Waals surface area contributed by atoms with Gasteiger partial charge in [-0.1, -0.05) is 25.1 Å². The van der Waals surface area contributed by atoms with Crippen molar-refractivity contribution in [1.29, 1.82) is 0 Å². The molecule has 4 nitrogen and oxygen atoms in total. The summed E-state index contributed by atoms with van der Waals surface area (Å²) in [5.41, 5.74) is 6.63. The van der Waals surface area contributed by atoms with Gasteiger partial charge in [0.1, 0.15) is 0 Å². The Morgan fingerprint density at radius 2 is 1.75 bits per heavy atom. The zero-order chi connectivity index (χ0) is 19.5. The van der Waals surface area contributed by atoms with Gasteiger partial charge in [-0.3, -0.25) is 9.59 Å². The summed E-state index contributed by atoms with van der Waals surface area (Å²) in [4.78, 5) is 24.6. The standard InChI is InChI=1S/C24H28N2O2/c1-2-21(19-11-10-16-6-3-4-7-17(16)14-19)26-24(28)20-12-13-22-18(15-20)8-5-9-23(27)25-22/h10-15,21H,2-9H2,1H3,(H,25,27)(H,26,28). The molecule has 2 aromatic carbocycles. The second-order valence-electron chi connectivity index (χ2n) is 7.94. The van der Waals surface area contributed by atoms with Crippen molar-refractivity contribution in [1.82, 2.24) is 5.32 Å². The van der Waals surface area contributed by atoms with Crippen molar-refractivity contribution >= 4 is 17.5 Å². The van der Waals surface area contributed by atoms with Crippen molar-refractivity contribution in [3.8, 4) is 0 Å². The molecule has 0 saturated carbocycles. The number of fused-ring (bicyclic) bond motifs is 2. The fraction of sp³-hybridized carbons (Fsp3) is 0.417. The van der Waals surface area contributed by atoms with Gasteiger partial charge in [0.25, 0.3) is 5.91 Å². The second-order valence-corrected chi connectivity index (χ2v) is 7.94. The number of benzene rings is 2. The summed E-state index contributed by atoms with van der Waals surface area (Å²) in [7, 11) is 0. The molecule has 2 aromatic rings. The van der Waals surface area contributed by atoms with E-state index in [0.29, 0.717) is 12.0 Å². The highest BCUT2D eigenvalue weighted by Gasteiger charge is 2.19. The molecule has 2 amide bonds. The SMILES string of the molecule is CCC(NC(=O)c1ccc2c(c1)CCCC(=O)N2)c1ccc2c(c1)CCCC2. The molecule has 0 bridgehead atoms. The van der Waals surface area contributed by atoms with Gasteiger partial charge in [-0.2, -0.15) is 0 Å². The first-order chi connectivity index (χ1) is 13.6. The van der Waals surface area contributed by atoms with E-state index in [-0.39, 0.29) is 17.9 Å². The molecular weight excluding hydrogens is 348 g/mol. The van der Waals surface area contributed by atoms with Gasteiger partial charge in [0.15, 0.2) is 0 Å². The Morgan fingerprint density at radius 3 is 2.57 bits per heavy atom. The summed E-state index contributed by atoms with van der Waals surface area (Å²) >= 11 is 0. The highest BCUT2D eigenvalue weighted by atomic mass is 16.2. The number of anilines is 1. The van der Waals surface area contributed by atoms with Gasteiger partial charge in [0.05, 0.1) is 6.04 Å². The molecule has 1 unspecified atom stereocenters. The third-order valence-corrected chi connectivity index (χ3v) is 5.98. The minimum Gasteiger partial charge on any atom is -0.345 e. The predicted molar refractivity (Wildman–Crippen MR) is 112 cm³/mol. The third-order valence-electron chi connectivity index (χ3n) is 5.98. The zero-order valence-corrected chi connectivity index (χ0v) is 16.5. The lowest BCUT2D eigenvalue weighted by Crippen LogP contribution is -2.28. The van der Waals surface area contributed by atoms with Crippen molar-refractivity contribution in [3.63, 3.8) is 0 Å². The van der Waals surface area contributed by atoms with E-state index in [0.717, 1.165) is 36.9 Å². The molecule has 0 radical (unpaired) electrons. The fourth-order valence-electron chi connectivity index (χ4n) is 4.35. The summed E-state index contributed by atoms with van der Waals surface area (Å²) in [6.45, 7) is 2.11. The van der Waals surface area contributed by atoms with E-state index in [2.05, 4.69) is 35.8 Å². The van der Waals surface area contributed by atoms with Gasteiger partial charge in [0.2, 0.25) is 5.91 Å². The summed E-state index contributed by atoms with van der Waals surface area (Å²) < 4.78 is 0. The molecular formula is C24H28N2O2. The number of aryl methyl sites for hydroxylation is 3. The molecule has 4 rings (SSSR count). The number of carbonyl (C=O) groups excluding carboxylic acids is 2. The second kappa shape index (κ2) is 8.17. The van der Waals surface area contributed by atoms with Crippen molar-refractivity contribution in [2.24, 2.45) is 0 Å². The van der Waals surface area contributed by atoms with Crippen molar-refractivity contribution in [2.75, 3.05) is 5.32 Å². The lowest BCUT2D eigenvalue weighted by Gasteiger charge is -2.22. The molecule has 2 aliphatic rings. The van der Waals surface area contributed by atoms with Crippen LogP contribution < -0.4 is 10.6 Å². The van der Waals surface area contributed by atoms with E-state index < -0.39 is 0 Å². The minimum atomic E-state index is -0.0528. The largest absolute Gasteiger partial charge is 0.345 e. The van der Waals surface area contributed by atoms with Gasteiger partial charge >= 0.3 is 0 Å². The molecule has 146 valence electrons. The number of nitrogens with one attached hydrogen (secondary N) is 2. The Hall–Kier alpha value is -2.62. The van der Waals surface area contributed by atoms with E-state index in [1.165, 1.54) is 36.0 Å². The lowest BCUT2D eigenvalue weighted by molar-refractivity contribution is -0.116. The molecule has 0 fully saturated rings. The fourth-order valence-corrected chi connectivity index (χ4v) is 4.35. The first-order valence-electron chi connectivity index (χ1n) is 10.5. The summed E-state index contributed by atoms with van der Waals surface area (Å²) in [5, 5.41) is 6.14. The highest BCUT2D eigenvalue weighted by Crippen LogP contribution is 2.27. The monoisotopic (exact) mass is 376 g/mol. The van der Waals surface area contributed by atoms with E-state index >= 15 is 0 Å². The normalized spacial score (nSPS) is 17.0. The van der Waals surface area contributed by atoms with Crippen LogP contribution in [0.4, 0.5) is 5.69 Å². The first kappa shape index (κ1) is 18.7. The maximum Gasteiger partial charge on any atom is 0.251 e. The first-order valence-corrected chi connectivity index (χ1v) is 10.5. The maximum absolute atomic E-state index is 12.9. The summed E-state index contributed by atoms with van der Waals surface area (Å²) in [6.07, 6.45) is 7.87. The molecule has 28 heavy (non-hydrogen) atoms. The molecule has 1 aliphatic heterocycles. The van der Waals surface area contributed by atoms with Crippen molar-refractivity contribution in [2.45, 2.75) is 64.3 Å². The van der Waals surface area contributed by atoms with E-state index in [1.54, 1.807) is 6.07 Å². The number of carbonyl (C=O) groups is 2. The average Bonchev–Trinajstić information content (AvgIpc) is 2.91. The zero-order valence-electron chi connectivity index (χ0n) is 16.5. The smallest absolute Gasteiger partial charge is 0.251 e. The van der Waals surface area contributed by atoms with Crippen LogP contribution >= 0.6 is 0 Å². The van der Waals surface area contributed by atoms with Crippen LogP contribution in [-0.2, 0) is 24.1 Å². The van der Waals surface area contributed by atoms with Gasteiger partial charge in [-0.15, -0.1) is 0 Å². The lowest BCUT2D eigenvalue weighted by atomic mass is 9.88. The van der Waals surface area contributed by atoms with Gasteiger partial charge in [-0.05, 0) is 85.4 Å². The molecule has 0 saturated heterocycles. The quantitative estimate of drug-likeness (QED) is 0.811. The van der Waals surface area contributed by atoms with Gasteiger partial charge in [-0.25, -0.2) is 0 Å².